The van der Waals surface area contributed by atoms with E-state index in [-0.39, 0.29) is 5.91 Å². The van der Waals surface area contributed by atoms with Crippen LogP contribution in [0.15, 0.2) is 42.6 Å². The number of nitrogens with one attached hydrogen (secondary N) is 1. The molecule has 6 nitrogen and oxygen atoms in total. The topological polar surface area (TPSA) is 65.1 Å². The molecule has 1 aliphatic rings. The van der Waals surface area contributed by atoms with Crippen molar-refractivity contribution in [1.82, 2.24) is 20.1 Å². The molecule has 0 atom stereocenters. The van der Waals surface area contributed by atoms with Gasteiger partial charge in [0, 0.05) is 50.4 Å². The van der Waals surface area contributed by atoms with E-state index in [1.807, 2.05) is 60.3 Å². The smallest absolute Gasteiger partial charge is 0.254 e. The summed E-state index contributed by atoms with van der Waals surface area (Å²) in [5, 5.41) is 8.02. The average Bonchev–Trinajstić information content (AvgIpc) is 3.21. The van der Waals surface area contributed by atoms with Gasteiger partial charge >= 0.3 is 0 Å². The van der Waals surface area contributed by atoms with Crippen molar-refractivity contribution in [1.29, 1.82) is 0 Å². The quantitative estimate of drug-likeness (QED) is 0.789. The normalized spacial score (nSPS) is 15.4. The van der Waals surface area contributed by atoms with Gasteiger partial charge in [-0.2, -0.15) is 5.10 Å². The number of likely N-dealkylation sites (tertiary alicyclic amines) is 1. The molecule has 1 aliphatic heterocycles. The standard InChI is InChI=1S/C20H23N5O/c1-24(2)19-13-16(15-5-3-4-6-18(15)22-19)20(26)25-11-8-14(9-12-25)17-7-10-21-23-17/h3-7,10,13-14H,8-9,11-12H2,1-2H3,(H,21,23). The second-order valence-corrected chi connectivity index (χ2v) is 7.02. The van der Waals surface area contributed by atoms with E-state index < -0.39 is 0 Å². The number of amides is 1. The molecular formula is C20H23N5O. The van der Waals surface area contributed by atoms with E-state index in [1.165, 1.54) is 5.69 Å². The average molecular weight is 349 g/mol. The molecule has 0 bridgehead atoms. The summed E-state index contributed by atoms with van der Waals surface area (Å²) in [5.74, 6) is 1.35. The third-order valence-electron chi connectivity index (χ3n) is 5.14. The number of aromatic nitrogens is 3. The summed E-state index contributed by atoms with van der Waals surface area (Å²) in [6.45, 7) is 1.52. The third kappa shape index (κ3) is 3.03. The number of hydrogen-bond acceptors (Lipinski definition) is 4. The highest BCUT2D eigenvalue weighted by Gasteiger charge is 2.26. The van der Waals surface area contributed by atoms with Gasteiger partial charge < -0.3 is 9.80 Å². The van der Waals surface area contributed by atoms with Gasteiger partial charge in [-0.15, -0.1) is 0 Å². The zero-order chi connectivity index (χ0) is 18.1. The number of hydrogen-bond donors (Lipinski definition) is 1. The van der Waals surface area contributed by atoms with Crippen LogP contribution in [0.3, 0.4) is 0 Å². The Morgan fingerprint density at radius 3 is 2.65 bits per heavy atom. The molecule has 134 valence electrons. The Kier molecular flexibility index (Phi) is 4.32. The number of para-hydroxylation sites is 1. The van der Waals surface area contributed by atoms with Crippen LogP contribution in [-0.4, -0.2) is 53.2 Å². The molecule has 1 aromatic carbocycles. The summed E-state index contributed by atoms with van der Waals surface area (Å²) < 4.78 is 0. The van der Waals surface area contributed by atoms with Crippen LogP contribution in [0.4, 0.5) is 5.82 Å². The van der Waals surface area contributed by atoms with Gasteiger partial charge in [0.05, 0.1) is 11.1 Å². The van der Waals surface area contributed by atoms with Crippen molar-refractivity contribution in [3.8, 4) is 0 Å². The van der Waals surface area contributed by atoms with Gasteiger partial charge in [-0.05, 0) is 31.0 Å². The first kappa shape index (κ1) is 16.6. The fourth-order valence-corrected chi connectivity index (χ4v) is 3.63. The van der Waals surface area contributed by atoms with Crippen molar-refractivity contribution in [2.45, 2.75) is 18.8 Å². The molecule has 1 fully saturated rings. The number of piperidine rings is 1. The number of nitrogens with zero attached hydrogens (tertiary/aromatic N) is 4. The summed E-state index contributed by atoms with van der Waals surface area (Å²) in [6, 6.07) is 11.8. The molecule has 1 N–H and O–H groups in total. The van der Waals surface area contributed by atoms with Gasteiger partial charge in [0.1, 0.15) is 5.82 Å². The van der Waals surface area contributed by atoms with Crippen molar-refractivity contribution in [3.05, 3.63) is 53.9 Å². The van der Waals surface area contributed by atoms with Crippen molar-refractivity contribution >= 4 is 22.6 Å². The lowest BCUT2D eigenvalue weighted by atomic mass is 9.93. The molecule has 6 heteroatoms. The summed E-state index contributed by atoms with van der Waals surface area (Å²) in [5.41, 5.74) is 2.76. The Morgan fingerprint density at radius 1 is 1.19 bits per heavy atom. The predicted octanol–water partition coefficient (Wildman–Crippen LogP) is 3.04. The molecular weight excluding hydrogens is 326 g/mol. The molecule has 2 aromatic heterocycles. The number of anilines is 1. The molecule has 0 unspecified atom stereocenters. The monoisotopic (exact) mass is 349 g/mol. The number of pyridine rings is 1. The Hall–Kier alpha value is -2.89. The molecule has 26 heavy (non-hydrogen) atoms. The lowest BCUT2D eigenvalue weighted by molar-refractivity contribution is 0.0714. The van der Waals surface area contributed by atoms with Gasteiger partial charge in [-0.3, -0.25) is 9.89 Å². The van der Waals surface area contributed by atoms with E-state index in [0.717, 1.165) is 48.2 Å². The summed E-state index contributed by atoms with van der Waals surface area (Å²) in [4.78, 5) is 21.8. The highest BCUT2D eigenvalue weighted by Crippen LogP contribution is 2.29. The number of aromatic amines is 1. The molecule has 1 amide bonds. The Balaban J connectivity index is 1.60. The van der Waals surface area contributed by atoms with Gasteiger partial charge in [0.2, 0.25) is 0 Å². The van der Waals surface area contributed by atoms with Crippen LogP contribution in [0, 0.1) is 0 Å². The van der Waals surface area contributed by atoms with E-state index >= 15 is 0 Å². The van der Waals surface area contributed by atoms with Crippen LogP contribution in [0.2, 0.25) is 0 Å². The number of H-pyrrole nitrogens is 1. The maximum atomic E-state index is 13.2. The molecule has 0 spiro atoms. The number of carbonyl (C=O) groups excluding carboxylic acids is 1. The minimum Gasteiger partial charge on any atom is -0.363 e. The maximum absolute atomic E-state index is 13.2. The zero-order valence-corrected chi connectivity index (χ0v) is 15.1. The van der Waals surface area contributed by atoms with E-state index in [9.17, 15) is 4.79 Å². The summed E-state index contributed by atoms with van der Waals surface area (Å²) in [6.07, 6.45) is 3.70. The first-order valence-electron chi connectivity index (χ1n) is 8.99. The number of fused-ring (bicyclic) bond motifs is 1. The Morgan fingerprint density at radius 2 is 1.96 bits per heavy atom. The van der Waals surface area contributed by atoms with Crippen LogP contribution < -0.4 is 4.90 Å². The minimum atomic E-state index is 0.0924. The molecule has 0 radical (unpaired) electrons. The first-order valence-corrected chi connectivity index (χ1v) is 8.99. The Bertz CT molecular complexity index is 911. The fraction of sp³-hybridized carbons (Fsp3) is 0.350. The van der Waals surface area contributed by atoms with E-state index in [2.05, 4.69) is 15.2 Å². The van der Waals surface area contributed by atoms with Crippen LogP contribution in [0.1, 0.15) is 34.8 Å². The highest BCUT2D eigenvalue weighted by molar-refractivity contribution is 6.07. The van der Waals surface area contributed by atoms with Gasteiger partial charge in [-0.25, -0.2) is 4.98 Å². The van der Waals surface area contributed by atoms with Crippen LogP contribution in [0.25, 0.3) is 10.9 Å². The van der Waals surface area contributed by atoms with Gasteiger partial charge in [-0.1, -0.05) is 18.2 Å². The van der Waals surface area contributed by atoms with Crippen molar-refractivity contribution in [2.75, 3.05) is 32.1 Å². The lowest BCUT2D eigenvalue weighted by Crippen LogP contribution is -2.38. The molecule has 4 rings (SSSR count). The molecule has 3 heterocycles. The van der Waals surface area contributed by atoms with Crippen molar-refractivity contribution < 1.29 is 4.79 Å². The first-order chi connectivity index (χ1) is 12.6. The number of benzene rings is 1. The van der Waals surface area contributed by atoms with Gasteiger partial charge in [0.15, 0.2) is 0 Å². The SMILES string of the molecule is CN(C)c1cc(C(=O)N2CCC(c3ccn[nH]3)CC2)c2ccccc2n1. The van der Waals surface area contributed by atoms with Crippen LogP contribution >= 0.6 is 0 Å². The van der Waals surface area contributed by atoms with E-state index in [4.69, 9.17) is 0 Å². The van der Waals surface area contributed by atoms with Crippen molar-refractivity contribution in [2.24, 2.45) is 0 Å². The highest BCUT2D eigenvalue weighted by atomic mass is 16.2. The summed E-state index contributed by atoms with van der Waals surface area (Å²) in [7, 11) is 3.89. The maximum Gasteiger partial charge on any atom is 0.254 e. The largest absolute Gasteiger partial charge is 0.363 e. The molecule has 0 aliphatic carbocycles. The molecule has 1 saturated heterocycles. The van der Waals surface area contributed by atoms with Crippen LogP contribution in [0.5, 0.6) is 0 Å². The number of carbonyl (C=O) groups is 1. The van der Waals surface area contributed by atoms with Gasteiger partial charge in [0.25, 0.3) is 5.91 Å². The Labute approximate surface area is 152 Å². The van der Waals surface area contributed by atoms with Crippen LogP contribution in [-0.2, 0) is 0 Å². The molecule has 3 aromatic rings. The lowest BCUT2D eigenvalue weighted by Gasteiger charge is -2.32. The van der Waals surface area contributed by atoms with E-state index in [1.54, 1.807) is 6.20 Å². The van der Waals surface area contributed by atoms with Crippen molar-refractivity contribution in [3.63, 3.8) is 0 Å². The zero-order valence-electron chi connectivity index (χ0n) is 15.1. The number of rotatable bonds is 3. The predicted molar refractivity (Wildman–Crippen MR) is 103 cm³/mol. The second kappa shape index (κ2) is 6.78. The summed E-state index contributed by atoms with van der Waals surface area (Å²) >= 11 is 0. The van der Waals surface area contributed by atoms with E-state index in [0.29, 0.717) is 5.92 Å². The minimum absolute atomic E-state index is 0.0924. The third-order valence-corrected chi connectivity index (χ3v) is 5.14. The molecule has 0 saturated carbocycles. The fourth-order valence-electron chi connectivity index (χ4n) is 3.63. The second-order valence-electron chi connectivity index (χ2n) is 7.02.